The first kappa shape index (κ1) is 9.77. The molecule has 0 aliphatic carbocycles. The highest BCUT2D eigenvalue weighted by atomic mass is 35.5. The van der Waals surface area contributed by atoms with Crippen LogP contribution in [0.4, 0.5) is 0 Å². The van der Waals surface area contributed by atoms with Gasteiger partial charge in [-0.1, -0.05) is 0 Å². The van der Waals surface area contributed by atoms with Gasteiger partial charge in [-0.05, 0) is 23.6 Å². The zero-order valence-electron chi connectivity index (χ0n) is 7.33. The quantitative estimate of drug-likeness (QED) is 0.776. The number of alkyl halides is 1. The van der Waals surface area contributed by atoms with E-state index in [2.05, 4.69) is 0 Å². The summed E-state index contributed by atoms with van der Waals surface area (Å²) in [5.74, 6) is 0.507. The summed E-state index contributed by atoms with van der Waals surface area (Å²) in [7, 11) is 0. The Morgan fingerprint density at radius 2 is 2.14 bits per heavy atom. The van der Waals surface area contributed by atoms with Crippen LogP contribution in [-0.4, -0.2) is 10.2 Å². The number of thiophene rings is 1. The van der Waals surface area contributed by atoms with Crippen molar-refractivity contribution in [3.8, 4) is 5.75 Å². The number of halogens is 1. The van der Waals surface area contributed by atoms with E-state index >= 15 is 0 Å². The average Bonchev–Trinajstić information content (AvgIpc) is 2.60. The molecule has 0 aliphatic rings. The summed E-state index contributed by atoms with van der Waals surface area (Å²) in [4.78, 5) is 0.886. The second kappa shape index (κ2) is 3.77. The lowest BCUT2D eigenvalue weighted by atomic mass is 10.1. The molecule has 0 unspecified atom stereocenters. The number of aromatic hydroxyl groups is 1. The largest absolute Gasteiger partial charge is 0.508 e. The Bertz CT molecular complexity index is 464. The molecule has 14 heavy (non-hydrogen) atoms. The highest BCUT2D eigenvalue weighted by Gasteiger charge is 2.09. The van der Waals surface area contributed by atoms with Crippen LogP contribution in [0.15, 0.2) is 18.2 Å². The summed E-state index contributed by atoms with van der Waals surface area (Å²) in [6.07, 6.45) is 0. The van der Waals surface area contributed by atoms with E-state index < -0.39 is 0 Å². The predicted octanol–water partition coefficient (Wildman–Crippen LogP) is 2.84. The van der Waals surface area contributed by atoms with E-state index in [1.165, 1.54) is 11.3 Å². The number of hydrogen-bond acceptors (Lipinski definition) is 3. The maximum absolute atomic E-state index is 9.55. The van der Waals surface area contributed by atoms with E-state index in [9.17, 15) is 5.11 Å². The van der Waals surface area contributed by atoms with Gasteiger partial charge in [0, 0.05) is 15.1 Å². The minimum atomic E-state index is 0.0296. The number of phenols is 1. The van der Waals surface area contributed by atoms with Gasteiger partial charge in [0.05, 0.1) is 12.5 Å². The molecule has 4 heteroatoms. The van der Waals surface area contributed by atoms with Crippen LogP contribution in [0.1, 0.15) is 10.4 Å². The first-order chi connectivity index (χ1) is 6.76. The highest BCUT2D eigenvalue weighted by Crippen LogP contribution is 2.34. The molecule has 1 heterocycles. The monoisotopic (exact) mass is 228 g/mol. The normalized spacial score (nSPS) is 11.0. The molecular weight excluding hydrogens is 220 g/mol. The second-order valence-electron chi connectivity index (χ2n) is 2.99. The number of aliphatic hydroxyl groups is 1. The molecule has 0 spiro atoms. The number of hydrogen-bond donors (Lipinski definition) is 2. The van der Waals surface area contributed by atoms with Gasteiger partial charge in [0.2, 0.25) is 0 Å². The molecule has 74 valence electrons. The first-order valence-electron chi connectivity index (χ1n) is 4.16. The van der Waals surface area contributed by atoms with Gasteiger partial charge in [-0.15, -0.1) is 22.9 Å². The molecule has 2 nitrogen and oxygen atoms in total. The van der Waals surface area contributed by atoms with Gasteiger partial charge in [-0.3, -0.25) is 0 Å². The molecule has 0 radical (unpaired) electrons. The zero-order valence-corrected chi connectivity index (χ0v) is 8.90. The summed E-state index contributed by atoms with van der Waals surface area (Å²) in [6, 6.07) is 5.37. The van der Waals surface area contributed by atoms with Crippen molar-refractivity contribution in [1.29, 1.82) is 0 Å². The third kappa shape index (κ3) is 1.47. The van der Waals surface area contributed by atoms with Crippen molar-refractivity contribution in [1.82, 2.24) is 0 Å². The van der Waals surface area contributed by atoms with Gasteiger partial charge < -0.3 is 10.2 Å². The van der Waals surface area contributed by atoms with Crippen molar-refractivity contribution < 1.29 is 10.2 Å². The van der Waals surface area contributed by atoms with E-state index in [0.717, 1.165) is 20.5 Å². The van der Waals surface area contributed by atoms with Crippen molar-refractivity contribution in [2.75, 3.05) is 0 Å². The Labute approximate surface area is 90.4 Å². The molecule has 0 aliphatic heterocycles. The summed E-state index contributed by atoms with van der Waals surface area (Å²) in [5, 5.41) is 19.6. The molecule has 0 amide bonds. The maximum atomic E-state index is 9.55. The van der Waals surface area contributed by atoms with Gasteiger partial charge in [0.1, 0.15) is 5.75 Å². The van der Waals surface area contributed by atoms with Crippen molar-refractivity contribution in [2.24, 2.45) is 0 Å². The molecule has 0 saturated carbocycles. The topological polar surface area (TPSA) is 40.5 Å². The van der Waals surface area contributed by atoms with Crippen molar-refractivity contribution in [2.45, 2.75) is 12.5 Å². The number of phenolic OH excluding ortho intramolecular Hbond substituents is 1. The second-order valence-corrected chi connectivity index (χ2v) is 4.39. The number of benzene rings is 1. The van der Waals surface area contributed by atoms with E-state index in [-0.39, 0.29) is 18.2 Å². The van der Waals surface area contributed by atoms with Crippen molar-refractivity contribution in [3.05, 3.63) is 28.6 Å². The van der Waals surface area contributed by atoms with Gasteiger partial charge in [-0.2, -0.15) is 0 Å². The highest BCUT2D eigenvalue weighted by molar-refractivity contribution is 7.19. The molecule has 2 rings (SSSR count). The molecule has 0 fully saturated rings. The van der Waals surface area contributed by atoms with Gasteiger partial charge in [-0.25, -0.2) is 0 Å². The molecule has 1 aromatic carbocycles. The van der Waals surface area contributed by atoms with Crippen LogP contribution in [0.3, 0.4) is 0 Å². The molecule has 1 aromatic heterocycles. The lowest BCUT2D eigenvalue weighted by molar-refractivity contribution is 0.285. The Morgan fingerprint density at radius 3 is 2.79 bits per heavy atom. The SMILES string of the molecule is OCc1cc2ccc(O)c(CCl)c2s1. The van der Waals surface area contributed by atoms with Crippen LogP contribution in [0.2, 0.25) is 0 Å². The molecular formula is C10H9ClO2S. The first-order valence-corrected chi connectivity index (χ1v) is 5.51. The van der Waals surface area contributed by atoms with Crippen LogP contribution in [-0.2, 0) is 12.5 Å². The van der Waals surface area contributed by atoms with E-state index in [4.69, 9.17) is 16.7 Å². The fourth-order valence-corrected chi connectivity index (χ4v) is 2.82. The van der Waals surface area contributed by atoms with Gasteiger partial charge in [0.15, 0.2) is 0 Å². The molecule has 0 bridgehead atoms. The standard InChI is InChI=1S/C10H9ClO2S/c11-4-8-9(13)2-1-6-3-7(5-12)14-10(6)8/h1-3,12-13H,4-5H2. The van der Waals surface area contributed by atoms with Gasteiger partial charge >= 0.3 is 0 Å². The lowest BCUT2D eigenvalue weighted by Gasteiger charge is -2.00. The van der Waals surface area contributed by atoms with Crippen LogP contribution in [0.5, 0.6) is 5.75 Å². The van der Waals surface area contributed by atoms with E-state index in [1.54, 1.807) is 6.07 Å². The number of fused-ring (bicyclic) bond motifs is 1. The van der Waals surface area contributed by atoms with Crippen molar-refractivity contribution >= 4 is 33.0 Å². The molecule has 2 aromatic rings. The Kier molecular flexibility index (Phi) is 2.63. The minimum absolute atomic E-state index is 0.0296. The van der Waals surface area contributed by atoms with E-state index in [0.29, 0.717) is 0 Å². The third-order valence-electron chi connectivity index (χ3n) is 2.11. The smallest absolute Gasteiger partial charge is 0.121 e. The maximum Gasteiger partial charge on any atom is 0.121 e. The van der Waals surface area contributed by atoms with Crippen LogP contribution >= 0.6 is 22.9 Å². The average molecular weight is 229 g/mol. The zero-order chi connectivity index (χ0) is 10.1. The number of aliphatic hydroxyl groups excluding tert-OH is 1. The third-order valence-corrected chi connectivity index (χ3v) is 3.57. The summed E-state index contributed by atoms with van der Waals surface area (Å²) < 4.78 is 0.962. The van der Waals surface area contributed by atoms with E-state index in [1.807, 2.05) is 12.1 Å². The fourth-order valence-electron chi connectivity index (χ4n) is 1.41. The predicted molar refractivity (Wildman–Crippen MR) is 59.0 cm³/mol. The van der Waals surface area contributed by atoms with Crippen LogP contribution in [0, 0.1) is 0 Å². The van der Waals surface area contributed by atoms with Gasteiger partial charge in [0.25, 0.3) is 0 Å². The minimum Gasteiger partial charge on any atom is -0.508 e. The number of rotatable bonds is 2. The Hall–Kier alpha value is -0.770. The Balaban J connectivity index is 2.73. The fraction of sp³-hybridized carbons (Fsp3) is 0.200. The lowest BCUT2D eigenvalue weighted by Crippen LogP contribution is -1.78. The van der Waals surface area contributed by atoms with Crippen LogP contribution in [0.25, 0.3) is 10.1 Å². The molecule has 0 atom stereocenters. The molecule has 0 saturated heterocycles. The van der Waals surface area contributed by atoms with Crippen LogP contribution < -0.4 is 0 Å². The Morgan fingerprint density at radius 1 is 1.36 bits per heavy atom. The summed E-state index contributed by atoms with van der Waals surface area (Å²) >= 11 is 7.22. The van der Waals surface area contributed by atoms with Crippen molar-refractivity contribution in [3.63, 3.8) is 0 Å². The summed E-state index contributed by atoms with van der Waals surface area (Å²) in [6.45, 7) is 0.0296. The summed E-state index contributed by atoms with van der Waals surface area (Å²) in [5.41, 5.74) is 0.744. The molecule has 2 N–H and O–H groups in total.